The Kier molecular flexibility index (Phi) is 5.17. The molecule has 0 saturated carbocycles. The van der Waals surface area contributed by atoms with Crippen molar-refractivity contribution in [1.29, 1.82) is 0 Å². The maximum atomic E-state index is 11.9. The van der Waals surface area contributed by atoms with E-state index in [4.69, 9.17) is 0 Å². The van der Waals surface area contributed by atoms with Crippen molar-refractivity contribution < 1.29 is 9.59 Å². The minimum atomic E-state index is -0.105. The molecule has 3 aromatic rings. The molecule has 0 aromatic carbocycles. The smallest absolute Gasteiger partial charge is 0.252 e. The van der Waals surface area contributed by atoms with E-state index in [0.717, 1.165) is 5.65 Å². The van der Waals surface area contributed by atoms with Crippen molar-refractivity contribution in [1.82, 2.24) is 25.2 Å². The number of rotatable bonds is 7. The van der Waals surface area contributed by atoms with Gasteiger partial charge in [-0.2, -0.15) is 11.3 Å². The molecule has 0 aliphatic heterocycles. The van der Waals surface area contributed by atoms with Gasteiger partial charge in [0.25, 0.3) is 5.91 Å². The van der Waals surface area contributed by atoms with Crippen molar-refractivity contribution >= 4 is 28.8 Å². The van der Waals surface area contributed by atoms with Crippen molar-refractivity contribution in [2.45, 2.75) is 19.4 Å². The second kappa shape index (κ2) is 7.69. The van der Waals surface area contributed by atoms with E-state index in [2.05, 4.69) is 20.8 Å². The SMILES string of the molecule is O=C(CCCNC(=O)c1ccsc1)NCc1nnc2ccccn12. The average molecular weight is 343 g/mol. The molecule has 3 aromatic heterocycles. The second-order valence-corrected chi connectivity index (χ2v) is 5.97. The number of hydrogen-bond acceptors (Lipinski definition) is 5. The van der Waals surface area contributed by atoms with Crippen LogP contribution >= 0.6 is 11.3 Å². The lowest BCUT2D eigenvalue weighted by Gasteiger charge is -2.05. The van der Waals surface area contributed by atoms with E-state index in [-0.39, 0.29) is 11.8 Å². The zero-order valence-corrected chi connectivity index (χ0v) is 13.8. The highest BCUT2D eigenvalue weighted by atomic mass is 32.1. The Morgan fingerprint density at radius 3 is 2.92 bits per heavy atom. The van der Waals surface area contributed by atoms with Crippen LogP contribution < -0.4 is 10.6 Å². The number of fused-ring (bicyclic) bond motifs is 1. The van der Waals surface area contributed by atoms with Crippen LogP contribution in [-0.2, 0) is 11.3 Å². The monoisotopic (exact) mass is 343 g/mol. The number of nitrogens with zero attached hydrogens (tertiary/aromatic N) is 3. The van der Waals surface area contributed by atoms with Crippen LogP contribution in [0.2, 0.25) is 0 Å². The number of amides is 2. The van der Waals surface area contributed by atoms with Gasteiger partial charge >= 0.3 is 0 Å². The lowest BCUT2D eigenvalue weighted by Crippen LogP contribution is -2.27. The van der Waals surface area contributed by atoms with E-state index >= 15 is 0 Å². The Labute approximate surface area is 142 Å². The highest BCUT2D eigenvalue weighted by Gasteiger charge is 2.08. The first-order chi connectivity index (χ1) is 11.7. The predicted octanol–water partition coefficient (Wildman–Crippen LogP) is 1.62. The van der Waals surface area contributed by atoms with Gasteiger partial charge in [0.2, 0.25) is 5.91 Å². The first kappa shape index (κ1) is 16.1. The summed E-state index contributed by atoms with van der Waals surface area (Å²) in [4.78, 5) is 23.6. The topological polar surface area (TPSA) is 88.4 Å². The molecule has 3 rings (SSSR count). The molecular formula is C16H17N5O2S. The largest absolute Gasteiger partial charge is 0.352 e. The highest BCUT2D eigenvalue weighted by Crippen LogP contribution is 2.05. The van der Waals surface area contributed by atoms with Crippen LogP contribution in [0.15, 0.2) is 41.2 Å². The van der Waals surface area contributed by atoms with Crippen molar-refractivity contribution in [3.63, 3.8) is 0 Å². The molecule has 0 unspecified atom stereocenters. The lowest BCUT2D eigenvalue weighted by molar-refractivity contribution is -0.121. The van der Waals surface area contributed by atoms with Crippen molar-refractivity contribution in [2.24, 2.45) is 0 Å². The van der Waals surface area contributed by atoms with E-state index in [0.29, 0.717) is 37.3 Å². The van der Waals surface area contributed by atoms with E-state index in [9.17, 15) is 9.59 Å². The third-order valence-corrected chi connectivity index (χ3v) is 4.16. The van der Waals surface area contributed by atoms with Crippen LogP contribution in [0.4, 0.5) is 0 Å². The Bertz CT molecular complexity index is 828. The molecule has 0 saturated heterocycles. The number of thiophene rings is 1. The molecule has 0 radical (unpaired) electrons. The number of carbonyl (C=O) groups excluding carboxylic acids is 2. The fourth-order valence-electron chi connectivity index (χ4n) is 2.22. The molecule has 0 aliphatic rings. The molecule has 24 heavy (non-hydrogen) atoms. The molecule has 0 fully saturated rings. The molecule has 8 heteroatoms. The van der Waals surface area contributed by atoms with Crippen LogP contribution in [0.25, 0.3) is 5.65 Å². The maximum absolute atomic E-state index is 11.9. The molecule has 2 N–H and O–H groups in total. The standard InChI is InChI=1S/C16H17N5O2S/c22-15(5-3-7-17-16(23)12-6-9-24-11-12)18-10-14-20-19-13-4-1-2-8-21(13)14/h1-2,4,6,8-9,11H,3,5,7,10H2,(H,17,23)(H,18,22). The number of aromatic nitrogens is 3. The van der Waals surface area contributed by atoms with Gasteiger partial charge < -0.3 is 10.6 Å². The first-order valence-electron chi connectivity index (χ1n) is 7.60. The summed E-state index contributed by atoms with van der Waals surface area (Å²) in [5.74, 6) is 0.503. The summed E-state index contributed by atoms with van der Waals surface area (Å²) < 4.78 is 1.83. The lowest BCUT2D eigenvalue weighted by atomic mass is 10.2. The summed E-state index contributed by atoms with van der Waals surface area (Å²) in [7, 11) is 0. The van der Waals surface area contributed by atoms with Crippen molar-refractivity contribution in [3.05, 3.63) is 52.6 Å². The van der Waals surface area contributed by atoms with Crippen LogP contribution in [0.3, 0.4) is 0 Å². The Balaban J connectivity index is 1.38. The van der Waals surface area contributed by atoms with Gasteiger partial charge in [0.1, 0.15) is 0 Å². The van der Waals surface area contributed by atoms with Gasteiger partial charge in [0.05, 0.1) is 6.54 Å². The van der Waals surface area contributed by atoms with Crippen LogP contribution in [0.1, 0.15) is 29.0 Å². The summed E-state index contributed by atoms with van der Waals surface area (Å²) in [5, 5.41) is 17.4. The van der Waals surface area contributed by atoms with Crippen LogP contribution in [-0.4, -0.2) is 33.0 Å². The van der Waals surface area contributed by atoms with Gasteiger partial charge in [-0.05, 0) is 30.0 Å². The minimum absolute atomic E-state index is 0.0764. The zero-order chi connectivity index (χ0) is 16.8. The summed E-state index contributed by atoms with van der Waals surface area (Å²) in [5.41, 5.74) is 1.40. The van der Waals surface area contributed by atoms with Gasteiger partial charge in [-0.3, -0.25) is 14.0 Å². The molecule has 0 spiro atoms. The van der Waals surface area contributed by atoms with Crippen LogP contribution in [0, 0.1) is 0 Å². The molecular weight excluding hydrogens is 326 g/mol. The van der Waals surface area contributed by atoms with Gasteiger partial charge in [-0.1, -0.05) is 6.07 Å². The zero-order valence-electron chi connectivity index (χ0n) is 12.9. The Morgan fingerprint density at radius 2 is 2.08 bits per heavy atom. The summed E-state index contributed by atoms with van der Waals surface area (Å²) in [6, 6.07) is 7.40. The van der Waals surface area contributed by atoms with Crippen molar-refractivity contribution in [2.75, 3.05) is 6.54 Å². The van der Waals surface area contributed by atoms with Crippen LogP contribution in [0.5, 0.6) is 0 Å². The second-order valence-electron chi connectivity index (χ2n) is 5.19. The highest BCUT2D eigenvalue weighted by molar-refractivity contribution is 7.08. The fourth-order valence-corrected chi connectivity index (χ4v) is 2.86. The third-order valence-electron chi connectivity index (χ3n) is 3.48. The van der Waals surface area contributed by atoms with E-state index in [1.807, 2.05) is 34.2 Å². The normalized spacial score (nSPS) is 10.7. The summed E-state index contributed by atoms with van der Waals surface area (Å²) in [6.07, 6.45) is 2.79. The Hall–Kier alpha value is -2.74. The first-order valence-corrected chi connectivity index (χ1v) is 8.54. The van der Waals surface area contributed by atoms with Gasteiger partial charge in [0, 0.05) is 30.1 Å². The molecule has 0 aliphatic carbocycles. The summed E-state index contributed by atoms with van der Waals surface area (Å²) in [6.45, 7) is 0.793. The number of nitrogens with one attached hydrogen (secondary N) is 2. The fraction of sp³-hybridized carbons (Fsp3) is 0.250. The van der Waals surface area contributed by atoms with Gasteiger partial charge in [-0.15, -0.1) is 10.2 Å². The third kappa shape index (κ3) is 3.96. The van der Waals surface area contributed by atoms with Gasteiger partial charge in [-0.25, -0.2) is 0 Å². The van der Waals surface area contributed by atoms with E-state index < -0.39 is 0 Å². The van der Waals surface area contributed by atoms with E-state index in [1.54, 1.807) is 11.4 Å². The number of pyridine rings is 1. The molecule has 7 nitrogen and oxygen atoms in total. The maximum Gasteiger partial charge on any atom is 0.252 e. The average Bonchev–Trinajstić information content (AvgIpc) is 3.26. The quantitative estimate of drug-likeness (QED) is 0.638. The van der Waals surface area contributed by atoms with Crippen molar-refractivity contribution in [3.8, 4) is 0 Å². The predicted molar refractivity (Wildman–Crippen MR) is 90.7 cm³/mol. The molecule has 3 heterocycles. The number of carbonyl (C=O) groups is 2. The van der Waals surface area contributed by atoms with E-state index in [1.165, 1.54) is 11.3 Å². The molecule has 0 bridgehead atoms. The molecule has 2 amide bonds. The molecule has 0 atom stereocenters. The number of hydrogen-bond donors (Lipinski definition) is 2. The van der Waals surface area contributed by atoms with Gasteiger partial charge in [0.15, 0.2) is 11.5 Å². The summed E-state index contributed by atoms with van der Waals surface area (Å²) >= 11 is 1.48. The molecule has 124 valence electrons. The minimum Gasteiger partial charge on any atom is -0.352 e. The Morgan fingerprint density at radius 1 is 1.17 bits per heavy atom.